The van der Waals surface area contributed by atoms with E-state index in [1.54, 1.807) is 20.8 Å². The number of rotatable bonds is 21. The molecular weight excluding hydrogens is 639 g/mol. The molecule has 46 heavy (non-hydrogen) atoms. The number of amides is 5. The largest absolute Gasteiger partial charge is 0.481 e. The van der Waals surface area contributed by atoms with Crippen LogP contribution in [0.4, 0.5) is 0 Å². The smallest absolute Gasteiger partial charge is 0.469 e. The first kappa shape index (κ1) is 44.6. The van der Waals surface area contributed by atoms with E-state index in [-0.39, 0.29) is 11.4 Å². The fraction of sp³-hybridized carbons (Fsp3) is 0.720. The van der Waals surface area contributed by atoms with E-state index in [1.807, 2.05) is 12.2 Å². The maximum Gasteiger partial charge on any atom is 0.469 e. The van der Waals surface area contributed by atoms with E-state index in [9.17, 15) is 38.1 Å². The van der Waals surface area contributed by atoms with Gasteiger partial charge < -0.3 is 52.9 Å². The van der Waals surface area contributed by atoms with Crippen molar-refractivity contribution in [2.24, 2.45) is 23.3 Å². The number of nitrogens with two attached hydrogens (primary N) is 2. The van der Waals surface area contributed by atoms with Gasteiger partial charge in [-0.25, -0.2) is 9.36 Å². The lowest BCUT2D eigenvalue weighted by atomic mass is 9.95. The van der Waals surface area contributed by atoms with Gasteiger partial charge >= 0.3 is 19.8 Å². The van der Waals surface area contributed by atoms with Gasteiger partial charge in [0.25, 0.3) is 5.91 Å². The zero-order valence-electron chi connectivity index (χ0n) is 26.1. The van der Waals surface area contributed by atoms with E-state index >= 15 is 0 Å². The van der Waals surface area contributed by atoms with Gasteiger partial charge in [-0.2, -0.15) is 0 Å². The summed E-state index contributed by atoms with van der Waals surface area (Å²) in [6.45, 7) is 5.86. The van der Waals surface area contributed by atoms with E-state index in [1.165, 1.54) is 0 Å². The van der Waals surface area contributed by atoms with Gasteiger partial charge in [-0.3, -0.25) is 38.6 Å². The molecule has 0 rings (SSSR count). The zero-order chi connectivity index (χ0) is 35.1. The van der Waals surface area contributed by atoms with Gasteiger partial charge in [-0.1, -0.05) is 40.5 Å². The summed E-state index contributed by atoms with van der Waals surface area (Å²) in [6.07, 6.45) is -0.955. The van der Waals surface area contributed by atoms with Crippen LogP contribution in [0, 0.1) is 11.8 Å². The molecule has 0 aliphatic heterocycles. The number of imide groups is 1. The molecule has 0 heterocycles. The maximum absolute atomic E-state index is 13.2. The lowest BCUT2D eigenvalue weighted by Crippen LogP contribution is -2.59. The van der Waals surface area contributed by atoms with Crippen molar-refractivity contribution >= 4 is 49.3 Å². The maximum atomic E-state index is 13.2. The average molecular weight is 687 g/mol. The molecule has 0 bridgehead atoms. The zero-order valence-corrected chi connectivity index (χ0v) is 27.0. The highest BCUT2D eigenvalue weighted by Crippen LogP contribution is 2.35. The van der Waals surface area contributed by atoms with E-state index in [2.05, 4.69) is 20.5 Å². The molecule has 21 heteroatoms. The summed E-state index contributed by atoms with van der Waals surface area (Å²) in [5, 5.41) is 26.6. The first-order chi connectivity index (χ1) is 20.7. The molecule has 7 atom stereocenters. The molecule has 20 nitrogen and oxygen atoms in total. The topological polar surface area (TPSA) is 358 Å². The summed E-state index contributed by atoms with van der Waals surface area (Å²) in [5.41, 5.74) is 11.6. The van der Waals surface area contributed by atoms with E-state index in [4.69, 9.17) is 31.5 Å². The summed E-state index contributed by atoms with van der Waals surface area (Å²) in [7, 11) is -5.14. The van der Waals surface area contributed by atoms with Gasteiger partial charge in [0.05, 0.1) is 18.7 Å². The Morgan fingerprint density at radius 2 is 1.30 bits per heavy atom. The van der Waals surface area contributed by atoms with Crippen molar-refractivity contribution in [3.8, 4) is 0 Å². The van der Waals surface area contributed by atoms with Gasteiger partial charge in [0, 0.05) is 12.8 Å². The molecule has 266 valence electrons. The summed E-state index contributed by atoms with van der Waals surface area (Å²) in [5.74, 6) is -8.32. The van der Waals surface area contributed by atoms with Crippen molar-refractivity contribution in [3.05, 3.63) is 0 Å². The van der Waals surface area contributed by atoms with Crippen LogP contribution in [-0.4, -0.2) is 104 Å². The Balaban J connectivity index is 0. The first-order valence-corrected chi connectivity index (χ1v) is 15.7. The number of carboxylic acid groups (broad SMARTS) is 2. The molecule has 0 saturated carbocycles. The quantitative estimate of drug-likeness (QED) is 0.0533. The molecule has 0 aromatic heterocycles. The number of carboxylic acids is 2. The number of phosphoric acid groups is 1. The molecule has 0 radical (unpaired) electrons. The fourth-order valence-corrected chi connectivity index (χ4v) is 3.93. The number of aliphatic carboxylic acids is 2. The molecule has 0 aromatic carbocycles. The standard InChI is InChI=1S/C25H45N6O13P.H2O/c1-5-12(3)19(27)23(37)31-20(13(4)6-2)24(38)29-16(11-44-45(41,42)43)22(36)30-17(32)9-7-14(26)21(35)28-15(25(39)40)8-10-18(33)34;/h12-16,19-20H,5-11,26-27H2,1-4H3,(H,28,35)(H,29,38)(H,31,37)(H,33,34)(H,39,40)(H,30,32,36)(H2,41,42,43);1H2. The number of hydrogen-bond acceptors (Lipinski definition) is 11. The van der Waals surface area contributed by atoms with Crippen molar-refractivity contribution in [3.63, 3.8) is 0 Å². The Morgan fingerprint density at radius 1 is 0.761 bits per heavy atom. The van der Waals surface area contributed by atoms with E-state index in [0.29, 0.717) is 12.8 Å². The minimum absolute atomic E-state index is 0. The van der Waals surface area contributed by atoms with Gasteiger partial charge in [0.1, 0.15) is 18.1 Å². The Morgan fingerprint density at radius 3 is 1.78 bits per heavy atom. The SMILES string of the molecule is CCC(C)C(N)C(=O)NC(C(=O)NC(COP(=O)(O)O)C(=O)NC(=O)CCC(N)C(=O)NC(CCC(=O)O)C(=O)O)C(C)CC.O. The van der Waals surface area contributed by atoms with Crippen LogP contribution in [0.3, 0.4) is 0 Å². The molecular formula is C25H47N6O14P. The minimum Gasteiger partial charge on any atom is -0.481 e. The number of carbonyl (C=O) groups is 7. The Hall–Kier alpha value is -3.52. The molecule has 0 aliphatic rings. The predicted molar refractivity (Wildman–Crippen MR) is 159 cm³/mol. The normalized spacial score (nSPS) is 15.7. The van der Waals surface area contributed by atoms with Gasteiger partial charge in [-0.15, -0.1) is 0 Å². The van der Waals surface area contributed by atoms with Gasteiger partial charge in [0.2, 0.25) is 23.6 Å². The summed E-state index contributed by atoms with van der Waals surface area (Å²) in [4.78, 5) is 103. The predicted octanol–water partition coefficient (Wildman–Crippen LogP) is -3.16. The van der Waals surface area contributed by atoms with Crippen molar-refractivity contribution in [1.29, 1.82) is 0 Å². The Labute approximate surface area is 265 Å². The molecule has 14 N–H and O–H groups in total. The molecule has 5 amide bonds. The minimum atomic E-state index is -5.14. The summed E-state index contributed by atoms with van der Waals surface area (Å²) < 4.78 is 15.6. The van der Waals surface area contributed by atoms with Crippen molar-refractivity contribution in [2.75, 3.05) is 6.61 Å². The molecule has 0 aromatic rings. The number of carbonyl (C=O) groups excluding carboxylic acids is 5. The second kappa shape index (κ2) is 21.3. The van der Waals surface area contributed by atoms with Crippen LogP contribution in [0.5, 0.6) is 0 Å². The first-order valence-electron chi connectivity index (χ1n) is 14.1. The van der Waals surface area contributed by atoms with Gasteiger partial charge in [0.15, 0.2) is 0 Å². The molecule has 0 spiro atoms. The Bertz CT molecular complexity index is 1120. The molecule has 7 unspecified atom stereocenters. The lowest BCUT2D eigenvalue weighted by Gasteiger charge is -2.28. The van der Waals surface area contributed by atoms with Crippen LogP contribution in [0.1, 0.15) is 66.2 Å². The van der Waals surface area contributed by atoms with Crippen molar-refractivity contribution in [1.82, 2.24) is 21.3 Å². The summed E-state index contributed by atoms with van der Waals surface area (Å²) in [6, 6.07) is -6.99. The van der Waals surface area contributed by atoms with Crippen LogP contribution in [0.2, 0.25) is 0 Å². The van der Waals surface area contributed by atoms with Crippen molar-refractivity contribution < 1.29 is 68.1 Å². The van der Waals surface area contributed by atoms with Crippen LogP contribution in [-0.2, 0) is 42.7 Å². The van der Waals surface area contributed by atoms with Crippen molar-refractivity contribution in [2.45, 2.75) is 96.4 Å². The molecule has 0 saturated heterocycles. The highest BCUT2D eigenvalue weighted by atomic mass is 31.2. The number of nitrogens with one attached hydrogen (secondary N) is 4. The van der Waals surface area contributed by atoms with Crippen LogP contribution in [0.25, 0.3) is 0 Å². The third-order valence-electron chi connectivity index (χ3n) is 6.94. The third kappa shape index (κ3) is 17.2. The number of phosphoric ester groups is 1. The highest BCUT2D eigenvalue weighted by molar-refractivity contribution is 7.46. The van der Waals surface area contributed by atoms with Gasteiger partial charge in [-0.05, 0) is 24.7 Å². The average Bonchev–Trinajstić information content (AvgIpc) is 2.96. The highest BCUT2D eigenvalue weighted by Gasteiger charge is 2.34. The third-order valence-corrected chi connectivity index (χ3v) is 7.42. The molecule has 0 fully saturated rings. The van der Waals surface area contributed by atoms with Crippen LogP contribution >= 0.6 is 7.82 Å². The number of hydrogen-bond donors (Lipinski definition) is 10. The second-order valence-corrected chi connectivity index (χ2v) is 11.8. The van der Waals surface area contributed by atoms with Crippen LogP contribution < -0.4 is 32.7 Å². The van der Waals surface area contributed by atoms with Crippen LogP contribution in [0.15, 0.2) is 0 Å². The van der Waals surface area contributed by atoms with E-state index < -0.39 is 118 Å². The summed E-state index contributed by atoms with van der Waals surface area (Å²) >= 11 is 0. The van der Waals surface area contributed by atoms with E-state index in [0.717, 1.165) is 0 Å². The Kier molecular flexibility index (Phi) is 20.7. The lowest BCUT2D eigenvalue weighted by molar-refractivity contribution is -0.143. The monoisotopic (exact) mass is 686 g/mol. The molecule has 0 aliphatic carbocycles. The second-order valence-electron chi connectivity index (χ2n) is 10.5. The fourth-order valence-electron chi connectivity index (χ4n) is 3.59.